The highest BCUT2D eigenvalue weighted by atomic mass is 35.5. The number of halogens is 2. The molecule has 10 heteroatoms. The van der Waals surface area contributed by atoms with Gasteiger partial charge in [0.1, 0.15) is 6.26 Å². The minimum Gasteiger partial charge on any atom is -0.447 e. The van der Waals surface area contributed by atoms with Gasteiger partial charge in [-0.3, -0.25) is 14.6 Å². The van der Waals surface area contributed by atoms with Crippen molar-refractivity contribution in [3.8, 4) is 0 Å². The second-order valence-electron chi connectivity index (χ2n) is 8.64. The summed E-state index contributed by atoms with van der Waals surface area (Å²) in [4.78, 5) is 26.0. The van der Waals surface area contributed by atoms with Gasteiger partial charge in [0.05, 0.1) is 29.8 Å². The average Bonchev–Trinajstić information content (AvgIpc) is 3.29. The number of hydrogen-bond acceptors (Lipinski definition) is 7. The maximum absolute atomic E-state index is 12.8. The summed E-state index contributed by atoms with van der Waals surface area (Å²) in [5.41, 5.74) is 1.43. The van der Waals surface area contributed by atoms with Crippen molar-refractivity contribution in [2.24, 2.45) is 0 Å². The van der Waals surface area contributed by atoms with Crippen LogP contribution in [0.4, 0.5) is 0 Å². The Morgan fingerprint density at radius 2 is 1.82 bits per heavy atom. The highest BCUT2D eigenvalue weighted by Gasteiger charge is 2.24. The zero-order valence-corrected chi connectivity index (χ0v) is 20.5. The van der Waals surface area contributed by atoms with E-state index in [1.807, 2.05) is 23.1 Å². The van der Waals surface area contributed by atoms with Crippen LogP contribution in [0.1, 0.15) is 21.9 Å². The van der Waals surface area contributed by atoms with Gasteiger partial charge in [-0.15, -0.1) is 0 Å². The Hall–Kier alpha value is -1.68. The van der Waals surface area contributed by atoms with Crippen molar-refractivity contribution < 1.29 is 13.9 Å². The second-order valence-corrected chi connectivity index (χ2v) is 9.45. The van der Waals surface area contributed by atoms with E-state index in [0.717, 1.165) is 58.0 Å². The highest BCUT2D eigenvalue weighted by Crippen LogP contribution is 2.23. The molecule has 4 rings (SSSR count). The molecule has 180 valence electrons. The first-order chi connectivity index (χ1) is 16.0. The maximum atomic E-state index is 12.8. The number of amides is 1. The molecule has 3 heterocycles. The van der Waals surface area contributed by atoms with Gasteiger partial charge in [0.2, 0.25) is 5.89 Å². The Bertz CT molecular complexity index is 927. The van der Waals surface area contributed by atoms with Gasteiger partial charge in [-0.05, 0) is 24.7 Å². The van der Waals surface area contributed by atoms with Crippen molar-refractivity contribution in [1.82, 2.24) is 24.6 Å². The minimum atomic E-state index is -0.0672. The smallest absolute Gasteiger partial charge is 0.275 e. The van der Waals surface area contributed by atoms with Gasteiger partial charge in [0, 0.05) is 58.9 Å². The number of carbonyl (C=O) groups excluding carboxylic acids is 1. The Balaban J connectivity index is 1.41. The minimum absolute atomic E-state index is 0.0672. The fourth-order valence-electron chi connectivity index (χ4n) is 4.06. The van der Waals surface area contributed by atoms with Crippen LogP contribution in [0, 0.1) is 0 Å². The molecule has 33 heavy (non-hydrogen) atoms. The second kappa shape index (κ2) is 11.6. The van der Waals surface area contributed by atoms with Gasteiger partial charge in [0.15, 0.2) is 5.69 Å². The average molecular weight is 496 g/mol. The fourth-order valence-corrected chi connectivity index (χ4v) is 4.38. The molecule has 0 atom stereocenters. The van der Waals surface area contributed by atoms with Gasteiger partial charge >= 0.3 is 0 Å². The zero-order chi connectivity index (χ0) is 23.2. The van der Waals surface area contributed by atoms with E-state index in [4.69, 9.17) is 32.4 Å². The van der Waals surface area contributed by atoms with E-state index in [1.54, 1.807) is 0 Å². The van der Waals surface area contributed by atoms with Crippen molar-refractivity contribution in [2.45, 2.75) is 13.1 Å². The van der Waals surface area contributed by atoms with Crippen LogP contribution in [0.3, 0.4) is 0 Å². The van der Waals surface area contributed by atoms with Crippen molar-refractivity contribution in [3.05, 3.63) is 51.7 Å². The predicted molar refractivity (Wildman–Crippen MR) is 128 cm³/mol. The highest BCUT2D eigenvalue weighted by molar-refractivity contribution is 6.42. The summed E-state index contributed by atoms with van der Waals surface area (Å²) < 4.78 is 11.2. The number of piperazine rings is 1. The monoisotopic (exact) mass is 495 g/mol. The predicted octanol–water partition coefficient (Wildman–Crippen LogP) is 2.70. The molecule has 2 aliphatic heterocycles. The first-order valence-electron chi connectivity index (χ1n) is 11.4. The largest absolute Gasteiger partial charge is 0.447 e. The topological polar surface area (TPSA) is 65.3 Å². The number of aromatic nitrogens is 1. The number of morpholine rings is 1. The first-order valence-corrected chi connectivity index (χ1v) is 12.1. The Morgan fingerprint density at radius 1 is 1.06 bits per heavy atom. The third-order valence-corrected chi connectivity index (χ3v) is 6.89. The third kappa shape index (κ3) is 6.91. The van der Waals surface area contributed by atoms with Crippen molar-refractivity contribution >= 4 is 29.1 Å². The van der Waals surface area contributed by atoms with Crippen LogP contribution in [0.15, 0.2) is 28.9 Å². The standard InChI is InChI=1S/C23H31Cl2N5O3/c1-27-4-8-30(9-5-27)23(31)21-17-33-22(26-21)16-29(7-6-28-10-12-32-13-11-28)15-18-2-3-19(24)20(25)14-18/h2-3,14,17H,4-13,15-16H2,1H3. The van der Waals surface area contributed by atoms with Crippen LogP contribution in [0.5, 0.6) is 0 Å². The van der Waals surface area contributed by atoms with Crippen molar-refractivity contribution in [2.75, 3.05) is 72.6 Å². The molecule has 2 aliphatic rings. The molecular formula is C23H31Cl2N5O3. The molecule has 0 unspecified atom stereocenters. The van der Waals surface area contributed by atoms with Crippen LogP contribution in [0.2, 0.25) is 10.0 Å². The molecule has 0 bridgehead atoms. The van der Waals surface area contributed by atoms with E-state index in [-0.39, 0.29) is 5.91 Å². The van der Waals surface area contributed by atoms with Crippen molar-refractivity contribution in [3.63, 3.8) is 0 Å². The number of benzene rings is 1. The van der Waals surface area contributed by atoms with Crippen LogP contribution in [0.25, 0.3) is 0 Å². The maximum Gasteiger partial charge on any atom is 0.275 e. The molecule has 1 aromatic heterocycles. The normalized spacial score (nSPS) is 18.2. The van der Waals surface area contributed by atoms with E-state index < -0.39 is 0 Å². The molecule has 0 saturated carbocycles. The summed E-state index contributed by atoms with van der Waals surface area (Å²) in [7, 11) is 2.06. The number of ether oxygens (including phenoxy) is 1. The molecule has 8 nitrogen and oxygen atoms in total. The summed E-state index contributed by atoms with van der Waals surface area (Å²) in [5, 5.41) is 1.08. The van der Waals surface area contributed by atoms with Crippen LogP contribution in [-0.4, -0.2) is 103 Å². The molecule has 0 radical (unpaired) electrons. The van der Waals surface area contributed by atoms with Gasteiger partial charge in [-0.1, -0.05) is 29.3 Å². The molecule has 2 saturated heterocycles. The Kier molecular flexibility index (Phi) is 8.62. The quantitative estimate of drug-likeness (QED) is 0.557. The summed E-state index contributed by atoms with van der Waals surface area (Å²) in [6.07, 6.45) is 1.48. The number of likely N-dealkylation sites (N-methyl/N-ethyl adjacent to an activating group) is 1. The first kappa shape index (κ1) is 24.4. The lowest BCUT2D eigenvalue weighted by atomic mass is 10.2. The number of rotatable bonds is 8. The van der Waals surface area contributed by atoms with E-state index >= 15 is 0 Å². The number of carbonyl (C=O) groups is 1. The number of hydrogen-bond donors (Lipinski definition) is 0. The van der Waals surface area contributed by atoms with Gasteiger partial charge in [0.25, 0.3) is 5.91 Å². The Morgan fingerprint density at radius 3 is 2.55 bits per heavy atom. The van der Waals surface area contributed by atoms with Gasteiger partial charge in [-0.2, -0.15) is 0 Å². The molecule has 2 fully saturated rings. The number of oxazole rings is 1. The van der Waals surface area contributed by atoms with E-state index in [9.17, 15) is 4.79 Å². The van der Waals surface area contributed by atoms with E-state index in [2.05, 4.69) is 26.7 Å². The lowest BCUT2D eigenvalue weighted by molar-refractivity contribution is 0.0320. The van der Waals surface area contributed by atoms with E-state index in [0.29, 0.717) is 47.8 Å². The van der Waals surface area contributed by atoms with Gasteiger partial charge < -0.3 is 19.0 Å². The lowest BCUT2D eigenvalue weighted by Crippen LogP contribution is -2.47. The third-order valence-electron chi connectivity index (χ3n) is 6.15. The van der Waals surface area contributed by atoms with E-state index in [1.165, 1.54) is 6.26 Å². The molecule has 0 aliphatic carbocycles. The summed E-state index contributed by atoms with van der Waals surface area (Å²) >= 11 is 12.3. The van der Waals surface area contributed by atoms with Crippen molar-refractivity contribution in [1.29, 1.82) is 0 Å². The fraction of sp³-hybridized carbons (Fsp3) is 0.565. The lowest BCUT2D eigenvalue weighted by Gasteiger charge is -2.31. The van der Waals surface area contributed by atoms with Crippen LogP contribution >= 0.6 is 23.2 Å². The molecule has 0 spiro atoms. The van der Waals surface area contributed by atoms with Crippen LogP contribution < -0.4 is 0 Å². The van der Waals surface area contributed by atoms with Crippen LogP contribution in [-0.2, 0) is 17.8 Å². The molecule has 0 N–H and O–H groups in total. The summed E-state index contributed by atoms with van der Waals surface area (Å²) in [6.45, 7) is 9.47. The molecule has 1 amide bonds. The molecule has 1 aromatic carbocycles. The molecule has 2 aromatic rings. The van der Waals surface area contributed by atoms with Gasteiger partial charge in [-0.25, -0.2) is 4.98 Å². The molecular weight excluding hydrogens is 465 g/mol. The number of nitrogens with zero attached hydrogens (tertiary/aromatic N) is 5. The summed E-state index contributed by atoms with van der Waals surface area (Å²) in [6, 6.07) is 5.69. The zero-order valence-electron chi connectivity index (χ0n) is 19.0. The summed E-state index contributed by atoms with van der Waals surface area (Å²) in [5.74, 6) is 0.469. The SMILES string of the molecule is CN1CCN(C(=O)c2coc(CN(CCN3CCOCC3)Cc3ccc(Cl)c(Cl)c3)n2)CC1. The Labute approximate surface area is 205 Å².